The van der Waals surface area contributed by atoms with Gasteiger partial charge < -0.3 is 4.90 Å². The zero-order chi connectivity index (χ0) is 35.5. The van der Waals surface area contributed by atoms with Gasteiger partial charge in [-0.05, 0) is 110 Å². The molecule has 0 spiro atoms. The van der Waals surface area contributed by atoms with Gasteiger partial charge >= 0.3 is 0 Å². The fourth-order valence-corrected chi connectivity index (χ4v) is 9.52. The Balaban J connectivity index is 0.948. The Morgan fingerprint density at radius 1 is 0.377 bits per heavy atom. The van der Waals surface area contributed by atoms with Crippen LogP contribution in [-0.2, 0) is 5.41 Å². The second-order valence-electron chi connectivity index (χ2n) is 14.5. The molecule has 0 fully saturated rings. The lowest BCUT2D eigenvalue weighted by Gasteiger charge is -2.26. The molecule has 0 saturated heterocycles. The number of fused-ring (bicyclic) bond motifs is 6. The normalized spacial score (nSPS) is 12.9. The van der Waals surface area contributed by atoms with E-state index in [1.54, 1.807) is 0 Å². The number of para-hydroxylation sites is 1. The van der Waals surface area contributed by atoms with Crippen molar-refractivity contribution >= 4 is 48.6 Å². The average molecular weight is 696 g/mol. The van der Waals surface area contributed by atoms with Crippen LogP contribution in [0.15, 0.2) is 188 Å². The smallest absolute Gasteiger partial charge is 0.0462 e. The van der Waals surface area contributed by atoms with Crippen molar-refractivity contribution < 1.29 is 0 Å². The molecule has 0 unspecified atom stereocenters. The van der Waals surface area contributed by atoms with Gasteiger partial charge in [-0.2, -0.15) is 0 Å². The predicted molar refractivity (Wildman–Crippen MR) is 228 cm³/mol. The first kappa shape index (κ1) is 31.5. The van der Waals surface area contributed by atoms with Crippen molar-refractivity contribution in [1.29, 1.82) is 0 Å². The summed E-state index contributed by atoms with van der Waals surface area (Å²) in [5, 5.41) is 2.66. The molecule has 1 heterocycles. The highest BCUT2D eigenvalue weighted by molar-refractivity contribution is 7.25. The molecule has 0 saturated carbocycles. The minimum atomic E-state index is 0.0228. The van der Waals surface area contributed by atoms with Gasteiger partial charge in [0, 0.05) is 42.6 Å². The molecular formula is C51H37NS. The quantitative estimate of drug-likeness (QED) is 0.167. The van der Waals surface area contributed by atoms with Crippen LogP contribution < -0.4 is 4.90 Å². The third-order valence-corrected chi connectivity index (χ3v) is 12.3. The molecule has 0 aliphatic heterocycles. The second-order valence-corrected chi connectivity index (χ2v) is 15.6. The first-order chi connectivity index (χ1) is 26.0. The molecule has 0 atom stereocenters. The highest BCUT2D eigenvalue weighted by atomic mass is 32.1. The third kappa shape index (κ3) is 5.29. The van der Waals surface area contributed by atoms with Gasteiger partial charge in [0.1, 0.15) is 0 Å². The largest absolute Gasteiger partial charge is 0.311 e. The Hall–Kier alpha value is -6.22. The van der Waals surface area contributed by atoms with Gasteiger partial charge in [0.2, 0.25) is 0 Å². The van der Waals surface area contributed by atoms with Crippen LogP contribution in [0.1, 0.15) is 25.0 Å². The lowest BCUT2D eigenvalue weighted by molar-refractivity contribution is 0.660. The molecule has 1 aliphatic carbocycles. The summed E-state index contributed by atoms with van der Waals surface area (Å²) >= 11 is 1.87. The first-order valence-corrected chi connectivity index (χ1v) is 19.2. The van der Waals surface area contributed by atoms with Gasteiger partial charge in [0.25, 0.3) is 0 Å². The molecule has 0 bridgehead atoms. The standard InChI is InChI=1S/C51H37NS/c1-51(2)46-16-8-6-13-43(46)45-33-38(27-32-47(45)51)36-21-19-34(20-22-36)35-23-28-40(29-24-35)52(39-11-4-3-5-12-39)41-30-25-37(26-31-41)42-15-10-18-49-50(42)44-14-7-9-17-48(44)53-49/h3-33H,1-2H3. The predicted octanol–water partition coefficient (Wildman–Crippen LogP) is 14.8. The SMILES string of the molecule is CC1(C)c2ccccc2-c2cc(-c3ccc(-c4ccc(N(c5ccccc5)c5ccc(-c6cccc7sc8ccccc8c67)cc5)cc4)cc3)ccc21. The van der Waals surface area contributed by atoms with Gasteiger partial charge in [-0.1, -0.05) is 147 Å². The van der Waals surface area contributed by atoms with E-state index < -0.39 is 0 Å². The molecule has 0 radical (unpaired) electrons. The highest BCUT2D eigenvalue weighted by Gasteiger charge is 2.35. The van der Waals surface area contributed by atoms with Gasteiger partial charge in [0.15, 0.2) is 0 Å². The van der Waals surface area contributed by atoms with Crippen molar-refractivity contribution in [2.24, 2.45) is 0 Å². The van der Waals surface area contributed by atoms with Gasteiger partial charge in [0.05, 0.1) is 0 Å². The monoisotopic (exact) mass is 695 g/mol. The van der Waals surface area contributed by atoms with E-state index in [9.17, 15) is 0 Å². The molecule has 53 heavy (non-hydrogen) atoms. The van der Waals surface area contributed by atoms with E-state index in [2.05, 4.69) is 207 Å². The molecule has 1 nitrogen and oxygen atoms in total. The minimum Gasteiger partial charge on any atom is -0.311 e. The van der Waals surface area contributed by atoms with Crippen LogP contribution in [-0.4, -0.2) is 0 Å². The number of thiophene rings is 1. The van der Waals surface area contributed by atoms with Gasteiger partial charge in [-0.15, -0.1) is 11.3 Å². The number of anilines is 3. The lowest BCUT2D eigenvalue weighted by atomic mass is 9.82. The maximum absolute atomic E-state index is 2.38. The van der Waals surface area contributed by atoms with E-state index in [1.807, 2.05) is 11.3 Å². The number of hydrogen-bond acceptors (Lipinski definition) is 2. The van der Waals surface area contributed by atoms with Crippen LogP contribution >= 0.6 is 11.3 Å². The van der Waals surface area contributed by atoms with Crippen molar-refractivity contribution in [2.45, 2.75) is 19.3 Å². The molecule has 8 aromatic carbocycles. The van der Waals surface area contributed by atoms with E-state index in [1.165, 1.54) is 75.8 Å². The van der Waals surface area contributed by atoms with E-state index in [-0.39, 0.29) is 5.41 Å². The summed E-state index contributed by atoms with van der Waals surface area (Å²) in [7, 11) is 0. The molecule has 2 heteroatoms. The lowest BCUT2D eigenvalue weighted by Crippen LogP contribution is -2.14. The fourth-order valence-electron chi connectivity index (χ4n) is 8.39. The highest BCUT2D eigenvalue weighted by Crippen LogP contribution is 2.49. The first-order valence-electron chi connectivity index (χ1n) is 18.3. The Labute approximate surface area is 315 Å². The molecule has 0 N–H and O–H groups in total. The Bertz CT molecular complexity index is 2770. The zero-order valence-corrected chi connectivity index (χ0v) is 30.6. The van der Waals surface area contributed by atoms with Crippen molar-refractivity contribution in [3.05, 3.63) is 199 Å². The van der Waals surface area contributed by atoms with Crippen LogP contribution in [0.4, 0.5) is 17.1 Å². The van der Waals surface area contributed by atoms with Crippen molar-refractivity contribution in [3.63, 3.8) is 0 Å². The fraction of sp³-hybridized carbons (Fsp3) is 0.0588. The van der Waals surface area contributed by atoms with E-state index in [4.69, 9.17) is 0 Å². The van der Waals surface area contributed by atoms with Crippen LogP contribution in [0.5, 0.6) is 0 Å². The summed E-state index contributed by atoms with van der Waals surface area (Å²) in [6.45, 7) is 4.67. The van der Waals surface area contributed by atoms with Crippen molar-refractivity contribution in [1.82, 2.24) is 0 Å². The molecule has 252 valence electrons. The number of nitrogens with zero attached hydrogens (tertiary/aromatic N) is 1. The maximum atomic E-state index is 2.38. The molecule has 9 aromatic rings. The van der Waals surface area contributed by atoms with Crippen LogP contribution in [0.3, 0.4) is 0 Å². The van der Waals surface area contributed by atoms with Crippen molar-refractivity contribution in [2.75, 3.05) is 4.90 Å². The molecule has 1 aliphatic rings. The molecule has 10 rings (SSSR count). The topological polar surface area (TPSA) is 3.24 Å². The number of hydrogen-bond donors (Lipinski definition) is 0. The van der Waals surface area contributed by atoms with Crippen LogP contribution in [0.2, 0.25) is 0 Å². The Kier molecular flexibility index (Phi) is 7.42. The summed E-state index contributed by atoms with van der Waals surface area (Å²) in [4.78, 5) is 2.34. The van der Waals surface area contributed by atoms with Gasteiger partial charge in [-0.3, -0.25) is 0 Å². The van der Waals surface area contributed by atoms with E-state index >= 15 is 0 Å². The minimum absolute atomic E-state index is 0.0228. The summed E-state index contributed by atoms with van der Waals surface area (Å²) in [6, 6.07) is 68.9. The average Bonchev–Trinajstić information content (AvgIpc) is 3.71. The third-order valence-electron chi connectivity index (χ3n) is 11.1. The number of rotatable bonds is 6. The molecular weight excluding hydrogens is 659 g/mol. The van der Waals surface area contributed by atoms with Crippen LogP contribution in [0.25, 0.3) is 64.7 Å². The number of benzene rings is 8. The van der Waals surface area contributed by atoms with Crippen molar-refractivity contribution in [3.8, 4) is 44.5 Å². The van der Waals surface area contributed by atoms with E-state index in [0.29, 0.717) is 0 Å². The van der Waals surface area contributed by atoms with Crippen LogP contribution in [0, 0.1) is 0 Å². The summed E-state index contributed by atoms with van der Waals surface area (Å²) < 4.78 is 2.66. The maximum Gasteiger partial charge on any atom is 0.0462 e. The summed E-state index contributed by atoms with van der Waals surface area (Å²) in [5.74, 6) is 0. The Morgan fingerprint density at radius 2 is 0.887 bits per heavy atom. The van der Waals surface area contributed by atoms with Gasteiger partial charge in [-0.25, -0.2) is 0 Å². The summed E-state index contributed by atoms with van der Waals surface area (Å²) in [5.41, 5.74) is 16.3. The molecule has 1 aromatic heterocycles. The Morgan fingerprint density at radius 3 is 1.62 bits per heavy atom. The van der Waals surface area contributed by atoms with E-state index in [0.717, 1.165) is 17.1 Å². The second kappa shape index (κ2) is 12.5. The summed E-state index contributed by atoms with van der Waals surface area (Å²) in [6.07, 6.45) is 0. The molecule has 0 amide bonds. The zero-order valence-electron chi connectivity index (χ0n) is 29.8.